The van der Waals surface area contributed by atoms with Crippen LogP contribution in [-0.4, -0.2) is 26.9 Å². The van der Waals surface area contributed by atoms with Crippen LogP contribution in [-0.2, 0) is 11.2 Å². The highest BCUT2D eigenvalue weighted by Crippen LogP contribution is 2.22. The molecular weight excluding hydrogens is 378 g/mol. The summed E-state index contributed by atoms with van der Waals surface area (Å²) < 4.78 is 1.13. The number of nitrogens with zero attached hydrogens (tertiary/aromatic N) is 3. The summed E-state index contributed by atoms with van der Waals surface area (Å²) in [6, 6.07) is 2.42. The summed E-state index contributed by atoms with van der Waals surface area (Å²) >= 11 is 5.24. The molecular formula is C15H20BrN5OS. The molecule has 1 unspecified atom stereocenters. The van der Waals surface area contributed by atoms with Gasteiger partial charge in [0.2, 0.25) is 17.8 Å². The highest BCUT2D eigenvalue weighted by atomic mass is 79.9. The molecule has 2 aromatic heterocycles. The van der Waals surface area contributed by atoms with E-state index in [-0.39, 0.29) is 17.9 Å². The van der Waals surface area contributed by atoms with E-state index in [1.165, 1.54) is 11.8 Å². The second-order valence-corrected chi connectivity index (χ2v) is 7.14. The van der Waals surface area contributed by atoms with E-state index in [1.54, 1.807) is 18.3 Å². The predicted octanol–water partition coefficient (Wildman–Crippen LogP) is 3.79. The fraction of sp³-hybridized carbons (Fsp3) is 0.467. The zero-order valence-electron chi connectivity index (χ0n) is 13.4. The lowest BCUT2D eigenvalue weighted by Gasteiger charge is -2.17. The van der Waals surface area contributed by atoms with Crippen LogP contribution in [0.4, 0.5) is 11.9 Å². The largest absolute Gasteiger partial charge is 0.351 e. The van der Waals surface area contributed by atoms with Crippen LogP contribution in [0, 0.1) is 6.92 Å². The molecule has 6 nitrogen and oxygen atoms in total. The smallest absolute Gasteiger partial charge is 0.234 e. The number of rotatable bonds is 7. The Morgan fingerprint density at radius 3 is 2.70 bits per heavy atom. The van der Waals surface area contributed by atoms with Crippen LogP contribution in [0.15, 0.2) is 15.9 Å². The van der Waals surface area contributed by atoms with Crippen molar-refractivity contribution in [3.63, 3.8) is 0 Å². The lowest BCUT2D eigenvalue weighted by molar-refractivity contribution is -0.114. The van der Waals surface area contributed by atoms with Gasteiger partial charge >= 0.3 is 0 Å². The zero-order valence-corrected chi connectivity index (χ0v) is 15.8. The number of carbonyl (C=O) groups excluding carboxylic acids is 1. The van der Waals surface area contributed by atoms with Crippen LogP contribution in [0.25, 0.3) is 0 Å². The molecule has 1 atom stereocenters. The van der Waals surface area contributed by atoms with Gasteiger partial charge in [-0.1, -0.05) is 6.92 Å². The minimum Gasteiger partial charge on any atom is -0.351 e. The average molecular weight is 398 g/mol. The third kappa shape index (κ3) is 5.87. The average Bonchev–Trinajstić information content (AvgIpc) is 2.87. The van der Waals surface area contributed by atoms with Crippen LogP contribution in [0.3, 0.4) is 0 Å². The molecule has 0 fully saturated rings. The summed E-state index contributed by atoms with van der Waals surface area (Å²) in [6.07, 6.45) is 2.96. The zero-order chi connectivity index (χ0) is 16.8. The molecule has 124 valence electrons. The van der Waals surface area contributed by atoms with E-state index in [2.05, 4.69) is 59.9 Å². The monoisotopic (exact) mass is 397 g/mol. The van der Waals surface area contributed by atoms with Crippen molar-refractivity contribution in [1.29, 1.82) is 0 Å². The van der Waals surface area contributed by atoms with Gasteiger partial charge < -0.3 is 5.32 Å². The molecule has 0 spiro atoms. The quantitative estimate of drug-likeness (QED) is 0.742. The number of anilines is 2. The number of halogens is 1. The van der Waals surface area contributed by atoms with Gasteiger partial charge in [-0.25, -0.2) is 0 Å². The molecule has 23 heavy (non-hydrogen) atoms. The Kier molecular flexibility index (Phi) is 6.47. The first-order valence-corrected chi connectivity index (χ1v) is 9.13. The fourth-order valence-corrected chi connectivity index (χ4v) is 3.59. The number of aryl methyl sites for hydroxylation is 2. The summed E-state index contributed by atoms with van der Waals surface area (Å²) in [4.78, 5) is 25.1. The maximum Gasteiger partial charge on any atom is 0.234 e. The molecule has 2 heterocycles. The Morgan fingerprint density at radius 1 is 1.35 bits per heavy atom. The maximum absolute atomic E-state index is 11.1. The Labute approximate surface area is 148 Å². The van der Waals surface area contributed by atoms with E-state index in [9.17, 15) is 4.79 Å². The highest BCUT2D eigenvalue weighted by molar-refractivity contribution is 9.10. The number of thiophene rings is 1. The molecule has 0 aliphatic heterocycles. The Morgan fingerprint density at radius 2 is 2.09 bits per heavy atom. The first-order chi connectivity index (χ1) is 11.0. The van der Waals surface area contributed by atoms with Gasteiger partial charge in [-0.3, -0.25) is 10.1 Å². The van der Waals surface area contributed by atoms with Crippen molar-refractivity contribution in [2.24, 2.45) is 0 Å². The number of hydrogen-bond acceptors (Lipinski definition) is 6. The van der Waals surface area contributed by atoms with Gasteiger partial charge in [-0.05, 0) is 48.2 Å². The number of nitrogens with one attached hydrogen (secondary N) is 2. The van der Waals surface area contributed by atoms with Crippen LogP contribution < -0.4 is 10.6 Å². The van der Waals surface area contributed by atoms with Gasteiger partial charge in [-0.2, -0.15) is 15.0 Å². The summed E-state index contributed by atoms with van der Waals surface area (Å²) in [5.74, 6) is 1.16. The molecule has 0 aliphatic rings. The maximum atomic E-state index is 11.1. The second kappa shape index (κ2) is 8.35. The van der Waals surface area contributed by atoms with E-state index in [0.29, 0.717) is 11.8 Å². The minimum absolute atomic E-state index is 0.197. The Balaban J connectivity index is 2.00. The molecule has 0 saturated heterocycles. The molecule has 8 heteroatoms. The molecule has 0 radical (unpaired) electrons. The van der Waals surface area contributed by atoms with E-state index in [0.717, 1.165) is 23.7 Å². The van der Waals surface area contributed by atoms with E-state index < -0.39 is 0 Å². The highest BCUT2D eigenvalue weighted by Gasteiger charge is 2.11. The molecule has 0 bridgehead atoms. The molecule has 0 aromatic carbocycles. The Hall–Kier alpha value is -1.54. The van der Waals surface area contributed by atoms with Gasteiger partial charge in [0.25, 0.3) is 0 Å². The summed E-state index contributed by atoms with van der Waals surface area (Å²) in [7, 11) is 0. The van der Waals surface area contributed by atoms with Crippen molar-refractivity contribution < 1.29 is 4.79 Å². The van der Waals surface area contributed by atoms with Crippen LogP contribution >= 0.6 is 27.3 Å². The molecule has 2 aromatic rings. The molecule has 2 N–H and O–H groups in total. The molecule has 1 amide bonds. The first-order valence-electron chi connectivity index (χ1n) is 7.46. The summed E-state index contributed by atoms with van der Waals surface area (Å²) in [6.45, 7) is 5.34. The summed E-state index contributed by atoms with van der Waals surface area (Å²) in [5, 5.41) is 8.03. The van der Waals surface area contributed by atoms with Gasteiger partial charge in [0.15, 0.2) is 0 Å². The van der Waals surface area contributed by atoms with Crippen molar-refractivity contribution in [1.82, 2.24) is 15.0 Å². The van der Waals surface area contributed by atoms with E-state index >= 15 is 0 Å². The lowest BCUT2D eigenvalue weighted by atomic mass is 10.1. The molecule has 0 aliphatic carbocycles. The number of aromatic nitrogens is 3. The van der Waals surface area contributed by atoms with Gasteiger partial charge in [0.1, 0.15) is 5.82 Å². The predicted molar refractivity (Wildman–Crippen MR) is 96.9 cm³/mol. The number of hydrogen-bond donors (Lipinski definition) is 2. The second-order valence-electron chi connectivity index (χ2n) is 5.23. The van der Waals surface area contributed by atoms with Crippen molar-refractivity contribution >= 4 is 45.1 Å². The van der Waals surface area contributed by atoms with E-state index in [1.807, 2.05) is 0 Å². The molecule has 0 saturated carbocycles. The van der Waals surface area contributed by atoms with Crippen molar-refractivity contribution in [2.45, 2.75) is 46.1 Å². The third-order valence-electron chi connectivity index (χ3n) is 3.22. The number of carbonyl (C=O) groups is 1. The van der Waals surface area contributed by atoms with Gasteiger partial charge in [0.05, 0.1) is 0 Å². The summed E-state index contributed by atoms with van der Waals surface area (Å²) in [5.41, 5.74) is 0. The Bertz CT molecular complexity index is 676. The fourth-order valence-electron chi connectivity index (χ4n) is 2.12. The van der Waals surface area contributed by atoms with Gasteiger partial charge in [-0.15, -0.1) is 11.3 Å². The normalized spacial score (nSPS) is 12.0. The third-order valence-corrected chi connectivity index (χ3v) is 4.98. The van der Waals surface area contributed by atoms with Crippen molar-refractivity contribution in [2.75, 3.05) is 10.6 Å². The van der Waals surface area contributed by atoms with Crippen molar-refractivity contribution in [3.05, 3.63) is 26.6 Å². The first kappa shape index (κ1) is 17.8. The molecule has 2 rings (SSSR count). The van der Waals surface area contributed by atoms with Gasteiger partial charge in [0, 0.05) is 27.7 Å². The standard InChI is InChI=1S/C15H20BrN5OS/c1-4-12(5-6-13-7-11(16)8-23-13)20-15-18-9(2)17-14(21-15)19-10(3)22/h7-8,12H,4-6H2,1-3H3,(H2,17,18,19,20,21,22). The SMILES string of the molecule is CCC(CCc1cc(Br)cs1)Nc1nc(C)nc(NC(C)=O)n1. The van der Waals surface area contributed by atoms with Crippen LogP contribution in [0.2, 0.25) is 0 Å². The minimum atomic E-state index is -0.197. The van der Waals surface area contributed by atoms with E-state index in [4.69, 9.17) is 0 Å². The van der Waals surface area contributed by atoms with Crippen LogP contribution in [0.1, 0.15) is 37.4 Å². The van der Waals surface area contributed by atoms with Crippen molar-refractivity contribution in [3.8, 4) is 0 Å². The lowest BCUT2D eigenvalue weighted by Crippen LogP contribution is -2.22. The topological polar surface area (TPSA) is 79.8 Å². The number of amides is 1. The van der Waals surface area contributed by atoms with Crippen LogP contribution in [0.5, 0.6) is 0 Å².